The van der Waals surface area contributed by atoms with Crippen molar-refractivity contribution in [2.75, 3.05) is 33.6 Å². The van der Waals surface area contributed by atoms with Gasteiger partial charge in [0, 0.05) is 112 Å². The first-order valence-electron chi connectivity index (χ1n) is 29.8. The molecule has 288 valence electrons. The third-order valence-corrected chi connectivity index (χ3v) is 8.92. The summed E-state index contributed by atoms with van der Waals surface area (Å²) in [6.07, 6.45) is 3.21. The maximum absolute atomic E-state index is 13.8. The van der Waals surface area contributed by atoms with E-state index in [-0.39, 0.29) is 25.4 Å². The van der Waals surface area contributed by atoms with Gasteiger partial charge in [-0.05, 0) is 51.8 Å². The molecule has 8 rings (SSSR count). The van der Waals surface area contributed by atoms with E-state index >= 15 is 0 Å². The molecule has 2 aliphatic rings. The molecule has 0 aromatic carbocycles. The molecule has 0 saturated heterocycles. The number of aromatic amines is 1. The highest BCUT2D eigenvalue weighted by atomic mass is 35.5. The Morgan fingerprint density at radius 3 is 1.96 bits per heavy atom. The molecule has 0 bridgehead atoms. The zero-order valence-electron chi connectivity index (χ0n) is 57.3. The number of aromatic nitrogens is 10. The summed E-state index contributed by atoms with van der Waals surface area (Å²) in [4.78, 5) is 61.5. The van der Waals surface area contributed by atoms with Gasteiger partial charge in [-0.25, -0.2) is 29.9 Å². The van der Waals surface area contributed by atoms with Gasteiger partial charge in [-0.15, -0.1) is 22.7 Å². The molecule has 0 spiro atoms. The number of hydrogen-bond acceptors (Lipinski definition) is 14. The fraction of sp³-hybridized carbons (Fsp3) is 0.389. The van der Waals surface area contributed by atoms with Crippen LogP contribution in [-0.2, 0) is 9.59 Å². The molecule has 6 aromatic heterocycles. The van der Waals surface area contributed by atoms with Crippen LogP contribution in [0.5, 0.6) is 0 Å². The van der Waals surface area contributed by atoms with E-state index in [1.54, 1.807) is 35.3 Å². The summed E-state index contributed by atoms with van der Waals surface area (Å²) in [5.74, 6) is -5.09. The van der Waals surface area contributed by atoms with Gasteiger partial charge in [-0.1, -0.05) is 13.7 Å². The van der Waals surface area contributed by atoms with Crippen LogP contribution < -0.4 is 19.6 Å². The molecule has 2 unspecified atom stereocenters. The van der Waals surface area contributed by atoms with Crippen LogP contribution in [0.4, 0.5) is 23.0 Å². The number of carbonyl (C=O) groups is 2. The van der Waals surface area contributed by atoms with E-state index in [4.69, 9.17) is 52.7 Å². The van der Waals surface area contributed by atoms with E-state index in [9.17, 15) is 9.59 Å². The molecule has 55 heavy (non-hydrogen) atoms. The van der Waals surface area contributed by atoms with Crippen LogP contribution >= 0.6 is 34.3 Å². The number of hydrogen-bond donors (Lipinski definition) is 1. The molecule has 0 saturated carbocycles. The lowest BCUT2D eigenvalue weighted by atomic mass is 10.1. The van der Waals surface area contributed by atoms with Crippen molar-refractivity contribution < 1.29 is 50.7 Å². The van der Waals surface area contributed by atoms with Crippen molar-refractivity contribution in [3.63, 3.8) is 0 Å². The molecule has 0 aliphatic carbocycles. The minimum Gasteiger partial charge on any atom is -0.343 e. The largest absolute Gasteiger partial charge is 0.343 e. The Bertz CT molecular complexity index is 3280. The Balaban J connectivity index is 0.000000237. The Morgan fingerprint density at radius 1 is 0.800 bits per heavy atom. The van der Waals surface area contributed by atoms with Crippen molar-refractivity contribution in [3.05, 3.63) is 65.6 Å². The normalized spacial score (nSPS) is 27.3. The van der Waals surface area contributed by atoms with Gasteiger partial charge >= 0.3 is 0 Å². The summed E-state index contributed by atoms with van der Waals surface area (Å²) in [6.45, 7) is -29.6. The Kier molecular flexibility index (Phi) is 5.07. The van der Waals surface area contributed by atoms with Gasteiger partial charge in [0.05, 0.1) is 15.1 Å². The number of H-pyrrole nitrogens is 1. The summed E-state index contributed by atoms with van der Waals surface area (Å²) in [6, 6.07) is -13.7. The summed E-state index contributed by atoms with van der Waals surface area (Å²) >= 11 is 8.47. The van der Waals surface area contributed by atoms with E-state index in [1.807, 2.05) is 5.38 Å². The second kappa shape index (κ2) is 17.0. The van der Waals surface area contributed by atoms with Crippen LogP contribution in [0.1, 0.15) is 95.0 Å². The highest BCUT2D eigenvalue weighted by molar-refractivity contribution is 7.13. The number of nitrogens with one attached hydrogen (secondary N) is 1. The van der Waals surface area contributed by atoms with Crippen LogP contribution in [0.25, 0.3) is 27.6 Å². The predicted molar refractivity (Wildman–Crippen MR) is 217 cm³/mol. The minimum absolute atomic E-state index is 0.00799. The number of amides is 2. The van der Waals surface area contributed by atoms with Gasteiger partial charge in [0.25, 0.3) is 0 Å². The second-order valence-electron chi connectivity index (χ2n) is 10.3. The van der Waals surface area contributed by atoms with Crippen molar-refractivity contribution in [1.29, 1.82) is 0 Å². The first-order valence-corrected chi connectivity index (χ1v) is 17.0. The lowest BCUT2D eigenvalue weighted by Gasteiger charge is -2.42. The quantitative estimate of drug-likeness (QED) is 0.176. The van der Waals surface area contributed by atoms with Crippen LogP contribution in [0.3, 0.4) is 0 Å². The number of fused-ring (bicyclic) bond motifs is 2. The smallest absolute Gasteiger partial charge is 0.249 e. The van der Waals surface area contributed by atoms with Gasteiger partial charge in [0.1, 0.15) is 23.5 Å². The van der Waals surface area contributed by atoms with Crippen LogP contribution in [0.2, 0.25) is 5.28 Å². The van der Waals surface area contributed by atoms with E-state index in [0.29, 0.717) is 11.2 Å². The Hall–Kier alpha value is -5.33. The molecular formula is C36H43ClN14O2S2. The fourth-order valence-corrected chi connectivity index (χ4v) is 6.19. The number of carbonyl (C=O) groups excluding carboxylic acids is 2. The average Bonchev–Trinajstić information content (AvgIpc) is 1.26. The zero-order valence-corrected chi connectivity index (χ0v) is 29.6. The van der Waals surface area contributed by atoms with Crippen LogP contribution in [0, 0.1) is 0 Å². The highest BCUT2D eigenvalue weighted by Gasteiger charge is 2.39. The topological polar surface area (TPSA) is 171 Å². The molecule has 2 aliphatic heterocycles. The minimum atomic E-state index is -3.92. The zero-order chi connectivity index (χ0) is 64.8. The SMILES string of the molecule is [2H]C([2H])([2H])N1C(=O)C(C([2H])([2H])C([2H])([2H])[2H])N(C([2H])(C([2H])([2H])[2H])C([2H])([2H])[2H])c2nc(-n3ccnc3-c3nccs3)ncc21.[2H]C([2H])([2H])N1C(=O)C(C([2H])([2H])C([2H])([2H])[2H])N(C([2H])(C([2H])([2H])[2H])C([2H])([2H])[2H])c2nc(Cl)ncc21.c1c[nH]c(-c2nccs2)n1. The molecule has 2 atom stereocenters. The number of anilines is 4. The number of nitrogens with zero attached hydrogens (tertiary/aromatic N) is 13. The Morgan fingerprint density at radius 2 is 1.42 bits per heavy atom. The number of thiazole rings is 2. The van der Waals surface area contributed by atoms with Crippen molar-refractivity contribution >= 4 is 69.1 Å². The third kappa shape index (κ3) is 7.92. The molecule has 1 N–H and O–H groups in total. The van der Waals surface area contributed by atoms with E-state index in [0.717, 1.165) is 28.4 Å². The molecule has 0 radical (unpaired) electrons. The number of likely N-dealkylation sites (N-methyl/N-ethyl adjacent to an activating group) is 2. The van der Waals surface area contributed by atoms with Gasteiger partial charge in [-0.3, -0.25) is 14.2 Å². The summed E-state index contributed by atoms with van der Waals surface area (Å²) in [7, 11) is 0. The summed E-state index contributed by atoms with van der Waals surface area (Å²) < 4.78 is 239. The number of imidazole rings is 2. The molecule has 2 amide bonds. The maximum Gasteiger partial charge on any atom is 0.249 e. The predicted octanol–water partition coefficient (Wildman–Crippen LogP) is 6.39. The second-order valence-corrected chi connectivity index (χ2v) is 12.5. The standard InChI is InChI=1S/C18H21N7OS.C12H17ClN4O.C6H5N3S/c1-5-12-17(26)23(4)13-10-21-18(22-14(13)25(12)11(2)3)24-8-6-19-15(24)16-20-7-9-27-16;1-5-8-11(18)16(4)9-6-14-12(13)15-10(9)17(8)7(2)3;1-2-8-5(7-1)6-9-3-4-10-6/h6-12H,5H2,1-4H3;6-8H,5H2,1-4H3;1-4H,(H,7,8)/i1D3,2D3,3D3,4D3,5D2,11D;1D3,2D3,3D3,4D3,5D2,7D;. The molecule has 19 heteroatoms. The van der Waals surface area contributed by atoms with Crippen molar-refractivity contribution in [2.45, 2.75) is 78.0 Å². The van der Waals surface area contributed by atoms with E-state index in [2.05, 4.69) is 44.9 Å². The lowest BCUT2D eigenvalue weighted by molar-refractivity contribution is -0.120. The van der Waals surface area contributed by atoms with Crippen molar-refractivity contribution in [1.82, 2.24) is 49.4 Å². The molecule has 16 nitrogen and oxygen atoms in total. The van der Waals surface area contributed by atoms with Crippen molar-refractivity contribution in [2.24, 2.45) is 0 Å². The number of halogens is 1. The third-order valence-electron chi connectivity index (χ3n) is 7.19. The van der Waals surface area contributed by atoms with Crippen LogP contribution in [0.15, 0.2) is 60.3 Å². The highest BCUT2D eigenvalue weighted by Crippen LogP contribution is 2.37. The van der Waals surface area contributed by atoms with E-state index < -0.39 is 138 Å². The summed E-state index contributed by atoms with van der Waals surface area (Å²) in [5.41, 5.74) is -1.62. The first kappa shape index (κ1) is 16.4. The first-order chi connectivity index (χ1) is 38.3. The van der Waals surface area contributed by atoms with Crippen molar-refractivity contribution in [3.8, 4) is 27.6 Å². The van der Waals surface area contributed by atoms with E-state index in [1.165, 1.54) is 23.2 Å². The molecule has 6 aromatic rings. The maximum atomic E-state index is 13.8. The Labute approximate surface area is 374 Å². The van der Waals surface area contributed by atoms with Crippen LogP contribution in [-0.4, -0.2) is 99.3 Å². The average molecular weight is 834 g/mol. The lowest BCUT2D eigenvalue weighted by Crippen LogP contribution is -2.55. The molecule has 0 fully saturated rings. The molecule has 8 heterocycles. The fourth-order valence-electron chi connectivity index (χ4n) is 4.84. The molecular weight excluding hydrogens is 760 g/mol. The monoisotopic (exact) mass is 832 g/mol. The van der Waals surface area contributed by atoms with Gasteiger partial charge in [0.15, 0.2) is 33.3 Å². The van der Waals surface area contributed by atoms with Gasteiger partial charge in [-0.2, -0.15) is 9.97 Å². The van der Waals surface area contributed by atoms with Gasteiger partial charge in [0.2, 0.25) is 23.0 Å². The number of rotatable bonds is 7. The summed E-state index contributed by atoms with van der Waals surface area (Å²) in [5, 5.41) is 4.15. The van der Waals surface area contributed by atoms with Gasteiger partial charge < -0.3 is 24.6 Å².